The van der Waals surface area contributed by atoms with Crippen LogP contribution < -0.4 is 15.0 Å². The highest BCUT2D eigenvalue weighted by Crippen LogP contribution is 2.31. The molecule has 1 saturated heterocycles. The Morgan fingerprint density at radius 3 is 2.31 bits per heavy atom. The Balaban J connectivity index is 1.28. The molecule has 1 aliphatic heterocycles. The molecule has 0 bridgehead atoms. The number of aromatic nitrogens is 2. The van der Waals surface area contributed by atoms with Gasteiger partial charge < -0.3 is 14.4 Å². The number of para-hydroxylation sites is 1. The van der Waals surface area contributed by atoms with E-state index in [4.69, 9.17) is 26.1 Å². The number of benzene rings is 4. The van der Waals surface area contributed by atoms with E-state index >= 15 is 0 Å². The molecule has 1 aromatic heterocycles. The number of amides is 1. The van der Waals surface area contributed by atoms with Gasteiger partial charge in [-0.05, 0) is 73.5 Å². The number of hydrogen-bond acceptors (Lipinski definition) is 6. The van der Waals surface area contributed by atoms with Gasteiger partial charge >= 0.3 is 0 Å². The molecule has 0 N–H and O–H groups in total. The van der Waals surface area contributed by atoms with Crippen LogP contribution in [0, 0.1) is 0 Å². The van der Waals surface area contributed by atoms with E-state index in [1.807, 2.05) is 91.5 Å². The van der Waals surface area contributed by atoms with Crippen LogP contribution in [-0.2, 0) is 11.3 Å². The average Bonchev–Trinajstić information content (AvgIpc) is 3.05. The lowest BCUT2D eigenvalue weighted by atomic mass is 10.0. The Kier molecular flexibility index (Phi) is 9.14. The molecule has 2 heterocycles. The minimum Gasteiger partial charge on any atom is -0.489 e. The number of carbonyl (C=O) groups is 1. The van der Waals surface area contributed by atoms with E-state index in [2.05, 4.69) is 4.90 Å². The van der Waals surface area contributed by atoms with Gasteiger partial charge in [-0.3, -0.25) is 19.1 Å². The van der Waals surface area contributed by atoms with Crippen LogP contribution in [0.2, 0.25) is 5.02 Å². The van der Waals surface area contributed by atoms with Crippen LogP contribution in [0.3, 0.4) is 0 Å². The monoisotopic (exact) mass is 622 g/mol. The second-order valence-electron chi connectivity index (χ2n) is 11.3. The molecule has 1 amide bonds. The number of piperazine rings is 1. The van der Waals surface area contributed by atoms with Crippen LogP contribution in [0.15, 0.2) is 102 Å². The van der Waals surface area contributed by atoms with Gasteiger partial charge in [0.2, 0.25) is 0 Å². The maximum atomic E-state index is 14.2. The summed E-state index contributed by atoms with van der Waals surface area (Å²) in [5, 5.41) is 1.15. The van der Waals surface area contributed by atoms with Crippen molar-refractivity contribution >= 4 is 28.4 Å². The first kappa shape index (κ1) is 30.4. The van der Waals surface area contributed by atoms with E-state index in [9.17, 15) is 9.59 Å². The zero-order valence-electron chi connectivity index (χ0n) is 25.4. The quantitative estimate of drug-likeness (QED) is 0.194. The lowest BCUT2D eigenvalue weighted by molar-refractivity contribution is -0.135. The molecule has 1 fully saturated rings. The Hall–Kier alpha value is -4.66. The van der Waals surface area contributed by atoms with E-state index in [1.54, 1.807) is 28.8 Å². The normalized spacial score (nSPS) is 13.7. The highest BCUT2D eigenvalue weighted by Gasteiger charge is 2.25. The number of carbonyl (C=O) groups excluding carboxylic acids is 1. The molecule has 9 heteroatoms. The van der Waals surface area contributed by atoms with Gasteiger partial charge in [-0.1, -0.05) is 60.1 Å². The first-order chi connectivity index (χ1) is 21.9. The fourth-order valence-corrected chi connectivity index (χ4v) is 5.64. The Bertz CT molecular complexity index is 1850. The van der Waals surface area contributed by atoms with Crippen LogP contribution in [0.5, 0.6) is 11.5 Å². The van der Waals surface area contributed by atoms with E-state index in [1.165, 1.54) is 0 Å². The molecule has 0 radical (unpaired) electrons. The van der Waals surface area contributed by atoms with Crippen molar-refractivity contribution in [2.75, 3.05) is 32.8 Å². The molecule has 0 unspecified atom stereocenters. The van der Waals surface area contributed by atoms with Crippen molar-refractivity contribution in [2.45, 2.75) is 26.5 Å². The molecular formula is C36H35ClN4O4. The van der Waals surface area contributed by atoms with Crippen LogP contribution in [0.1, 0.15) is 19.7 Å². The molecule has 0 aliphatic carbocycles. The van der Waals surface area contributed by atoms with Crippen molar-refractivity contribution in [3.05, 3.63) is 118 Å². The summed E-state index contributed by atoms with van der Waals surface area (Å²) < 4.78 is 13.6. The van der Waals surface area contributed by atoms with Gasteiger partial charge in [-0.2, -0.15) is 0 Å². The summed E-state index contributed by atoms with van der Waals surface area (Å²) >= 11 is 5.94. The lowest BCUT2D eigenvalue weighted by Gasteiger charge is -2.34. The zero-order valence-corrected chi connectivity index (χ0v) is 26.1. The predicted octanol–water partition coefficient (Wildman–Crippen LogP) is 6.22. The van der Waals surface area contributed by atoms with Crippen molar-refractivity contribution in [3.8, 4) is 28.3 Å². The van der Waals surface area contributed by atoms with Gasteiger partial charge in [0.15, 0.2) is 6.61 Å². The Labute approximate surface area is 267 Å². The van der Waals surface area contributed by atoms with Crippen molar-refractivity contribution in [2.24, 2.45) is 0 Å². The Morgan fingerprint density at radius 2 is 1.58 bits per heavy atom. The molecule has 8 nitrogen and oxygen atoms in total. The average molecular weight is 623 g/mol. The number of nitrogens with zero attached hydrogens (tertiary/aromatic N) is 4. The van der Waals surface area contributed by atoms with Gasteiger partial charge in [0, 0.05) is 31.2 Å². The Morgan fingerprint density at radius 1 is 0.867 bits per heavy atom. The molecule has 6 rings (SSSR count). The minimum atomic E-state index is -0.150. The standard InChI is InChI=1S/C36H35ClN4O4/c1-25(2)45-33-17-12-27(26-8-4-3-5-9-26)22-32(33)41-34(38-31-11-7-6-10-30(31)36(41)43)23-39-18-20-40(21-19-39)35(42)24-44-29-15-13-28(37)14-16-29/h3-17,22,25H,18-21,23-24H2,1-2H3. The van der Waals surface area contributed by atoms with Crippen LogP contribution in [-0.4, -0.2) is 64.1 Å². The summed E-state index contributed by atoms with van der Waals surface area (Å²) in [5.74, 6) is 1.76. The maximum Gasteiger partial charge on any atom is 0.266 e. The summed E-state index contributed by atoms with van der Waals surface area (Å²) in [6.45, 7) is 6.70. The number of halogens is 1. The highest BCUT2D eigenvalue weighted by atomic mass is 35.5. The van der Waals surface area contributed by atoms with Crippen molar-refractivity contribution in [1.29, 1.82) is 0 Å². The van der Waals surface area contributed by atoms with Gasteiger partial charge in [0.05, 0.1) is 29.2 Å². The van der Waals surface area contributed by atoms with E-state index in [0.717, 1.165) is 11.1 Å². The summed E-state index contributed by atoms with van der Waals surface area (Å²) in [4.78, 5) is 36.1. The molecule has 4 aromatic carbocycles. The summed E-state index contributed by atoms with van der Waals surface area (Å²) in [6.07, 6.45) is -0.0896. The van der Waals surface area contributed by atoms with Gasteiger partial charge in [0.25, 0.3) is 11.5 Å². The SMILES string of the molecule is CC(C)Oc1ccc(-c2ccccc2)cc1-n1c(CN2CCN(C(=O)COc3ccc(Cl)cc3)CC2)nc2ccccc2c1=O. The summed E-state index contributed by atoms with van der Waals surface area (Å²) in [6, 6.07) is 30.4. The number of ether oxygens (including phenoxy) is 2. The van der Waals surface area contributed by atoms with Crippen molar-refractivity contribution in [3.63, 3.8) is 0 Å². The first-order valence-corrected chi connectivity index (χ1v) is 15.5. The molecule has 230 valence electrons. The third-order valence-electron chi connectivity index (χ3n) is 7.78. The van der Waals surface area contributed by atoms with Gasteiger partial charge in [-0.25, -0.2) is 4.98 Å². The van der Waals surface area contributed by atoms with Crippen LogP contribution in [0.4, 0.5) is 0 Å². The molecule has 0 saturated carbocycles. The third kappa shape index (κ3) is 7.03. The van der Waals surface area contributed by atoms with Crippen molar-refractivity contribution in [1.82, 2.24) is 19.4 Å². The van der Waals surface area contributed by atoms with Crippen LogP contribution >= 0.6 is 11.6 Å². The number of fused-ring (bicyclic) bond motifs is 1. The maximum absolute atomic E-state index is 14.2. The smallest absolute Gasteiger partial charge is 0.266 e. The fraction of sp³-hybridized carbons (Fsp3) is 0.250. The fourth-order valence-electron chi connectivity index (χ4n) is 5.51. The lowest BCUT2D eigenvalue weighted by Crippen LogP contribution is -2.50. The van der Waals surface area contributed by atoms with Crippen molar-refractivity contribution < 1.29 is 14.3 Å². The summed E-state index contributed by atoms with van der Waals surface area (Å²) in [5.41, 5.74) is 3.16. The summed E-state index contributed by atoms with van der Waals surface area (Å²) in [7, 11) is 0. The first-order valence-electron chi connectivity index (χ1n) is 15.1. The minimum absolute atomic E-state index is 0.0379. The van der Waals surface area contributed by atoms with Crippen LogP contribution in [0.25, 0.3) is 27.7 Å². The van der Waals surface area contributed by atoms with Gasteiger partial charge in [-0.15, -0.1) is 0 Å². The number of rotatable bonds is 9. The van der Waals surface area contributed by atoms with Gasteiger partial charge in [0.1, 0.15) is 17.3 Å². The van der Waals surface area contributed by atoms with E-state index < -0.39 is 0 Å². The second-order valence-corrected chi connectivity index (χ2v) is 11.7. The third-order valence-corrected chi connectivity index (χ3v) is 8.03. The molecule has 0 atom stereocenters. The molecule has 45 heavy (non-hydrogen) atoms. The molecule has 0 spiro atoms. The molecule has 1 aliphatic rings. The molecule has 5 aromatic rings. The largest absolute Gasteiger partial charge is 0.489 e. The predicted molar refractivity (Wildman–Crippen MR) is 177 cm³/mol. The molecular weight excluding hydrogens is 588 g/mol. The highest BCUT2D eigenvalue weighted by molar-refractivity contribution is 6.30. The topological polar surface area (TPSA) is 76.9 Å². The van der Waals surface area contributed by atoms with E-state index in [0.29, 0.717) is 71.7 Å². The van der Waals surface area contributed by atoms with E-state index in [-0.39, 0.29) is 24.2 Å². The second kappa shape index (κ2) is 13.5. The zero-order chi connectivity index (χ0) is 31.3. The number of hydrogen-bond donors (Lipinski definition) is 0.